The van der Waals surface area contributed by atoms with Crippen molar-refractivity contribution in [3.8, 4) is 0 Å². The lowest BCUT2D eigenvalue weighted by molar-refractivity contribution is 0.00393. The van der Waals surface area contributed by atoms with Gasteiger partial charge in [0.15, 0.2) is 0 Å². The molecule has 2 unspecified atom stereocenters. The lowest BCUT2D eigenvalue weighted by Gasteiger charge is -2.39. The predicted molar refractivity (Wildman–Crippen MR) is 73.7 cm³/mol. The third-order valence-electron chi connectivity index (χ3n) is 5.54. The van der Waals surface area contributed by atoms with Crippen LogP contribution in [0.4, 0.5) is 0 Å². The molecule has 3 rings (SSSR count). The summed E-state index contributed by atoms with van der Waals surface area (Å²) in [6, 6.07) is 0.771. The van der Waals surface area contributed by atoms with Crippen LogP contribution in [0.5, 0.6) is 0 Å². The Kier molecular flexibility index (Phi) is 3.92. The summed E-state index contributed by atoms with van der Waals surface area (Å²) in [5.41, 5.74) is 0.586. The first-order valence-corrected chi connectivity index (χ1v) is 7.78. The second-order valence-corrected chi connectivity index (χ2v) is 6.74. The molecule has 3 heteroatoms. The van der Waals surface area contributed by atoms with Crippen molar-refractivity contribution in [1.82, 2.24) is 10.2 Å². The van der Waals surface area contributed by atoms with Crippen molar-refractivity contribution < 1.29 is 4.74 Å². The largest absolute Gasteiger partial charge is 0.381 e. The van der Waals surface area contributed by atoms with Gasteiger partial charge in [-0.3, -0.25) is 0 Å². The van der Waals surface area contributed by atoms with Gasteiger partial charge in [0, 0.05) is 25.8 Å². The number of hydrogen-bond acceptors (Lipinski definition) is 3. The van der Waals surface area contributed by atoms with Crippen molar-refractivity contribution in [3.63, 3.8) is 0 Å². The Hall–Kier alpha value is -0.120. The molecule has 1 N–H and O–H groups in total. The van der Waals surface area contributed by atoms with Crippen LogP contribution in [0.15, 0.2) is 0 Å². The van der Waals surface area contributed by atoms with Crippen LogP contribution in [0.25, 0.3) is 0 Å². The zero-order valence-corrected chi connectivity index (χ0v) is 11.8. The first-order chi connectivity index (χ1) is 8.78. The van der Waals surface area contributed by atoms with Gasteiger partial charge in [0.25, 0.3) is 0 Å². The van der Waals surface area contributed by atoms with Crippen LogP contribution in [0.1, 0.15) is 38.5 Å². The number of ether oxygens (including phenoxy) is 1. The summed E-state index contributed by atoms with van der Waals surface area (Å²) in [4.78, 5) is 2.46. The summed E-state index contributed by atoms with van der Waals surface area (Å²) in [6.45, 7) is 5.79. The molecule has 2 atom stereocenters. The minimum atomic E-state index is 0.586. The molecule has 1 spiro atoms. The van der Waals surface area contributed by atoms with Crippen molar-refractivity contribution in [2.75, 3.05) is 39.9 Å². The van der Waals surface area contributed by atoms with E-state index in [1.165, 1.54) is 58.2 Å². The lowest BCUT2D eigenvalue weighted by atomic mass is 9.75. The van der Waals surface area contributed by atoms with Crippen molar-refractivity contribution in [1.29, 1.82) is 0 Å². The fourth-order valence-corrected chi connectivity index (χ4v) is 4.34. The number of hydrogen-bond donors (Lipinski definition) is 1. The van der Waals surface area contributed by atoms with E-state index in [1.54, 1.807) is 0 Å². The third-order valence-corrected chi connectivity index (χ3v) is 5.54. The highest BCUT2D eigenvalue weighted by atomic mass is 16.5. The van der Waals surface area contributed by atoms with Crippen LogP contribution in [0.3, 0.4) is 0 Å². The Morgan fingerprint density at radius 2 is 2.06 bits per heavy atom. The first-order valence-electron chi connectivity index (χ1n) is 7.78. The molecule has 3 aliphatic rings. The SMILES string of the molecule is CN1CCC(CNC2CCCC23CCOCC3)C1. The third kappa shape index (κ3) is 2.59. The van der Waals surface area contributed by atoms with Gasteiger partial charge in [0.1, 0.15) is 0 Å². The topological polar surface area (TPSA) is 24.5 Å². The van der Waals surface area contributed by atoms with Gasteiger partial charge in [-0.05, 0) is 63.6 Å². The van der Waals surface area contributed by atoms with Crippen LogP contribution in [0, 0.1) is 11.3 Å². The fraction of sp³-hybridized carbons (Fsp3) is 1.00. The van der Waals surface area contributed by atoms with Crippen molar-refractivity contribution in [2.24, 2.45) is 11.3 Å². The molecule has 3 nitrogen and oxygen atoms in total. The summed E-state index contributed by atoms with van der Waals surface area (Å²) in [5, 5.41) is 3.92. The van der Waals surface area contributed by atoms with Gasteiger partial charge in [-0.2, -0.15) is 0 Å². The quantitative estimate of drug-likeness (QED) is 0.830. The maximum absolute atomic E-state index is 5.56. The van der Waals surface area contributed by atoms with Crippen LogP contribution < -0.4 is 5.32 Å². The molecule has 1 saturated carbocycles. The standard InChI is InChI=1S/C15H28N2O/c1-17-8-4-13(12-17)11-16-14-3-2-5-15(14)6-9-18-10-7-15/h13-14,16H,2-12H2,1H3. The molecule has 0 radical (unpaired) electrons. The van der Waals surface area contributed by atoms with E-state index in [0.717, 1.165) is 25.2 Å². The molecule has 0 aromatic carbocycles. The van der Waals surface area contributed by atoms with Gasteiger partial charge >= 0.3 is 0 Å². The molecule has 0 aromatic heterocycles. The minimum absolute atomic E-state index is 0.586. The number of rotatable bonds is 3. The van der Waals surface area contributed by atoms with Gasteiger partial charge in [-0.15, -0.1) is 0 Å². The van der Waals surface area contributed by atoms with Gasteiger partial charge in [0.05, 0.1) is 0 Å². The fourth-order valence-electron chi connectivity index (χ4n) is 4.34. The molecule has 2 heterocycles. The number of likely N-dealkylation sites (tertiary alicyclic amines) is 1. The first kappa shape index (κ1) is 12.9. The summed E-state index contributed by atoms with van der Waals surface area (Å²) in [6.07, 6.45) is 8.19. The molecule has 2 aliphatic heterocycles. The Bertz CT molecular complexity index is 276. The van der Waals surface area contributed by atoms with Gasteiger partial charge < -0.3 is 15.0 Å². The Morgan fingerprint density at radius 3 is 2.78 bits per heavy atom. The molecular weight excluding hydrogens is 224 g/mol. The summed E-state index contributed by atoms with van der Waals surface area (Å²) < 4.78 is 5.56. The molecule has 3 fully saturated rings. The average Bonchev–Trinajstić information content (AvgIpc) is 2.95. The van der Waals surface area contributed by atoms with Crippen LogP contribution in [0.2, 0.25) is 0 Å². The highest BCUT2D eigenvalue weighted by Gasteiger charge is 2.43. The minimum Gasteiger partial charge on any atom is -0.381 e. The van der Waals surface area contributed by atoms with E-state index in [9.17, 15) is 0 Å². The molecule has 0 aromatic rings. The zero-order valence-electron chi connectivity index (χ0n) is 11.8. The Labute approximate surface area is 111 Å². The van der Waals surface area contributed by atoms with Crippen LogP contribution in [-0.4, -0.2) is 50.8 Å². The van der Waals surface area contributed by atoms with E-state index < -0.39 is 0 Å². The van der Waals surface area contributed by atoms with E-state index in [2.05, 4.69) is 17.3 Å². The van der Waals surface area contributed by atoms with Gasteiger partial charge in [-0.25, -0.2) is 0 Å². The molecular formula is C15H28N2O. The number of nitrogens with one attached hydrogen (secondary N) is 1. The number of nitrogens with zero attached hydrogens (tertiary/aromatic N) is 1. The van der Waals surface area contributed by atoms with Gasteiger partial charge in [0.2, 0.25) is 0 Å². The maximum atomic E-state index is 5.56. The van der Waals surface area contributed by atoms with Crippen molar-refractivity contribution in [3.05, 3.63) is 0 Å². The second-order valence-electron chi connectivity index (χ2n) is 6.74. The van der Waals surface area contributed by atoms with Crippen LogP contribution in [-0.2, 0) is 4.74 Å². The van der Waals surface area contributed by atoms with Crippen molar-refractivity contribution in [2.45, 2.75) is 44.6 Å². The van der Waals surface area contributed by atoms with E-state index in [1.807, 2.05) is 0 Å². The summed E-state index contributed by atoms with van der Waals surface area (Å²) in [7, 11) is 2.25. The Morgan fingerprint density at radius 1 is 1.22 bits per heavy atom. The second kappa shape index (κ2) is 5.48. The maximum Gasteiger partial charge on any atom is 0.0471 e. The molecule has 0 bridgehead atoms. The summed E-state index contributed by atoms with van der Waals surface area (Å²) in [5.74, 6) is 0.882. The lowest BCUT2D eigenvalue weighted by Crippen LogP contribution is -2.46. The molecule has 2 saturated heterocycles. The molecule has 18 heavy (non-hydrogen) atoms. The van der Waals surface area contributed by atoms with E-state index in [0.29, 0.717) is 5.41 Å². The van der Waals surface area contributed by atoms with Crippen LogP contribution >= 0.6 is 0 Å². The monoisotopic (exact) mass is 252 g/mol. The highest BCUT2D eigenvalue weighted by Crippen LogP contribution is 2.46. The predicted octanol–water partition coefficient (Wildman–Crippen LogP) is 1.88. The summed E-state index contributed by atoms with van der Waals surface area (Å²) >= 11 is 0. The molecule has 1 aliphatic carbocycles. The zero-order chi connectivity index (χ0) is 12.4. The average molecular weight is 252 g/mol. The molecule has 104 valence electrons. The van der Waals surface area contributed by atoms with E-state index in [4.69, 9.17) is 4.74 Å². The van der Waals surface area contributed by atoms with E-state index >= 15 is 0 Å². The highest BCUT2D eigenvalue weighted by molar-refractivity contribution is 4.98. The van der Waals surface area contributed by atoms with E-state index in [-0.39, 0.29) is 0 Å². The van der Waals surface area contributed by atoms with Crippen molar-refractivity contribution >= 4 is 0 Å². The normalized spacial score (nSPS) is 36.5. The Balaban J connectivity index is 1.52. The van der Waals surface area contributed by atoms with Gasteiger partial charge in [-0.1, -0.05) is 6.42 Å². The smallest absolute Gasteiger partial charge is 0.0471 e. The molecule has 0 amide bonds.